The Morgan fingerprint density at radius 2 is 2.33 bits per heavy atom. The molecule has 0 heterocycles. The second kappa shape index (κ2) is 5.35. The average Bonchev–Trinajstić information content (AvgIpc) is 1.61. The normalized spacial score (nSPS) is 9.00. The van der Waals surface area contributed by atoms with Gasteiger partial charge >= 0.3 is 10.0 Å². The van der Waals surface area contributed by atoms with Gasteiger partial charge in [-0.25, -0.2) is 0 Å². The van der Waals surface area contributed by atoms with Crippen LogP contribution in [-0.2, 0) is 8.54 Å². The summed E-state index contributed by atoms with van der Waals surface area (Å²) in [7, 11) is 2.06. The molecular weight excluding hydrogens is 112 g/mol. The highest BCUT2D eigenvalue weighted by atomic mass is 28.3. The van der Waals surface area contributed by atoms with Gasteiger partial charge in [-0.1, -0.05) is 0 Å². The second-order valence-corrected chi connectivity index (χ2v) is 2.67. The highest BCUT2D eigenvalue weighted by Crippen LogP contribution is 1.62. The Morgan fingerprint density at radius 1 is 1.67 bits per heavy atom. The zero-order valence-electron chi connectivity index (χ0n) is 3.89. The molecule has 6 heavy (non-hydrogen) atoms. The van der Waals surface area contributed by atoms with E-state index in [0.717, 1.165) is 0 Å². The van der Waals surface area contributed by atoms with Crippen molar-refractivity contribution in [2.24, 2.45) is 0 Å². The molecule has 0 bridgehead atoms. The van der Waals surface area contributed by atoms with E-state index in [4.69, 9.17) is 4.12 Å². The highest BCUT2D eigenvalue weighted by molar-refractivity contribution is 6.37. The summed E-state index contributed by atoms with van der Waals surface area (Å²) in [6.45, 7) is 1.98. The monoisotopic (exact) mass is 119 g/mol. The first-order chi connectivity index (χ1) is 2.91. The summed E-state index contributed by atoms with van der Waals surface area (Å²) in [6.07, 6.45) is 0. The van der Waals surface area contributed by atoms with Gasteiger partial charge in [0.1, 0.15) is 0 Å². The van der Waals surface area contributed by atoms with Crippen molar-refractivity contribution < 1.29 is 8.54 Å². The van der Waals surface area contributed by atoms with E-state index >= 15 is 0 Å². The minimum absolute atomic E-state index is 0.169. The van der Waals surface area contributed by atoms with Crippen molar-refractivity contribution in [1.29, 1.82) is 0 Å². The summed E-state index contributed by atoms with van der Waals surface area (Å²) in [5, 5.41) is 0. The molecule has 0 amide bonds. The molecule has 35 valence electrons. The maximum Gasteiger partial charge on any atom is 0.353 e. The average molecular weight is 119 g/mol. The minimum atomic E-state index is -0.169. The van der Waals surface area contributed by atoms with Crippen molar-refractivity contribution in [3.05, 3.63) is 0 Å². The van der Waals surface area contributed by atoms with E-state index in [1.165, 1.54) is 0 Å². The molecule has 0 aromatic rings. The Morgan fingerprint density at radius 3 is 2.50 bits per heavy atom. The van der Waals surface area contributed by atoms with Crippen molar-refractivity contribution in [2.45, 2.75) is 6.55 Å². The van der Waals surface area contributed by atoms with Gasteiger partial charge in [0, 0.05) is 7.11 Å². The van der Waals surface area contributed by atoms with E-state index in [2.05, 4.69) is 4.43 Å². The highest BCUT2D eigenvalue weighted by Gasteiger charge is 1.78. The van der Waals surface area contributed by atoms with Gasteiger partial charge in [0.25, 0.3) is 0 Å². The lowest BCUT2D eigenvalue weighted by Crippen LogP contribution is -2.01. The summed E-state index contributed by atoms with van der Waals surface area (Å²) in [5.74, 6) is 0. The molecule has 0 N–H and O–H groups in total. The lowest BCUT2D eigenvalue weighted by Gasteiger charge is -1.89. The fourth-order valence-electron chi connectivity index (χ4n) is 0.0962. The third-order valence-electron chi connectivity index (χ3n) is 0.262. The van der Waals surface area contributed by atoms with Crippen LogP contribution in [0.3, 0.4) is 0 Å². The van der Waals surface area contributed by atoms with Crippen molar-refractivity contribution in [2.75, 3.05) is 7.11 Å². The van der Waals surface area contributed by atoms with Crippen molar-refractivity contribution in [3.63, 3.8) is 0 Å². The molecule has 0 saturated heterocycles. The largest absolute Gasteiger partial charge is 0.438 e. The molecule has 0 fully saturated rings. The smallest absolute Gasteiger partial charge is 0.353 e. The molecule has 0 atom stereocenters. The molecule has 2 nitrogen and oxygen atoms in total. The molecule has 0 spiro atoms. The van der Waals surface area contributed by atoms with Crippen LogP contribution in [0.5, 0.6) is 0 Å². The Kier molecular flexibility index (Phi) is 5.67. The van der Waals surface area contributed by atoms with Crippen LogP contribution in [0.25, 0.3) is 0 Å². The fraction of sp³-hybridized carbons (Fsp3) is 1.00. The van der Waals surface area contributed by atoms with Crippen molar-refractivity contribution in [1.82, 2.24) is 0 Å². The first-order valence-corrected chi connectivity index (χ1v) is 3.93. The van der Waals surface area contributed by atoms with Crippen LogP contribution in [0, 0.1) is 0 Å². The van der Waals surface area contributed by atoms with Crippen LogP contribution in [0.2, 0.25) is 6.55 Å². The van der Waals surface area contributed by atoms with Gasteiger partial charge in [-0.15, -0.1) is 0 Å². The molecule has 0 aliphatic heterocycles. The van der Waals surface area contributed by atoms with Crippen LogP contribution in [0.4, 0.5) is 0 Å². The van der Waals surface area contributed by atoms with Crippen LogP contribution in [-0.4, -0.2) is 26.9 Å². The lowest BCUT2D eigenvalue weighted by atomic mass is 11.8. The number of hydrogen-bond donors (Lipinski definition) is 0. The molecule has 0 aromatic carbocycles. The molecule has 0 saturated carbocycles. The quantitative estimate of drug-likeness (QED) is 0.371. The Hall–Kier alpha value is 0.354. The maximum absolute atomic E-state index is 4.87. The third-order valence-corrected chi connectivity index (χ3v) is 1.78. The second-order valence-electron chi connectivity index (χ2n) is 0.654. The molecule has 4 heteroatoms. The van der Waals surface area contributed by atoms with Crippen molar-refractivity contribution >= 4 is 19.8 Å². The summed E-state index contributed by atoms with van der Waals surface area (Å²) < 4.78 is 9.52. The standard InChI is InChI=1S/C2H7O2Si2/c1-3-6-4-5-2/h6H,1-2H3. The third kappa shape index (κ3) is 4.35. The molecule has 0 aliphatic rings. The molecule has 0 rings (SSSR count). The predicted octanol–water partition coefficient (Wildman–Crippen LogP) is -0.417. The maximum atomic E-state index is 4.87. The van der Waals surface area contributed by atoms with E-state index in [1.807, 2.05) is 6.55 Å². The SMILES string of the molecule is CO[SiH]O[Si]C. The van der Waals surface area contributed by atoms with Gasteiger partial charge in [0.05, 0.1) is 0 Å². The van der Waals surface area contributed by atoms with Gasteiger partial charge in [0.15, 0.2) is 0 Å². The number of rotatable bonds is 3. The van der Waals surface area contributed by atoms with E-state index < -0.39 is 0 Å². The first kappa shape index (κ1) is 6.35. The molecular formula is C2H7O2Si2. The van der Waals surface area contributed by atoms with Gasteiger partial charge in [-0.3, -0.25) is 0 Å². The van der Waals surface area contributed by atoms with Crippen LogP contribution in [0.15, 0.2) is 0 Å². The zero-order valence-corrected chi connectivity index (χ0v) is 6.05. The molecule has 0 aliphatic carbocycles. The Labute approximate surface area is 42.8 Å². The predicted molar refractivity (Wildman–Crippen MR) is 26.9 cm³/mol. The van der Waals surface area contributed by atoms with E-state index in [0.29, 0.717) is 9.76 Å². The van der Waals surface area contributed by atoms with Crippen LogP contribution in [0.1, 0.15) is 0 Å². The first-order valence-electron chi connectivity index (χ1n) is 1.58. The molecule has 3 radical (unpaired) electrons. The Balaban J connectivity index is 2.34. The minimum Gasteiger partial charge on any atom is -0.438 e. The van der Waals surface area contributed by atoms with E-state index in [9.17, 15) is 0 Å². The van der Waals surface area contributed by atoms with E-state index in [-0.39, 0.29) is 10.0 Å². The summed E-state index contributed by atoms with van der Waals surface area (Å²) in [5.41, 5.74) is 0. The summed E-state index contributed by atoms with van der Waals surface area (Å²) >= 11 is 0. The topological polar surface area (TPSA) is 18.5 Å². The fourth-order valence-corrected chi connectivity index (χ4v) is 0.866. The summed E-state index contributed by atoms with van der Waals surface area (Å²) in [6, 6.07) is 0. The van der Waals surface area contributed by atoms with E-state index in [1.54, 1.807) is 7.11 Å². The molecule has 0 aromatic heterocycles. The number of hydrogen-bond acceptors (Lipinski definition) is 2. The lowest BCUT2D eigenvalue weighted by molar-refractivity contribution is 0.373. The zero-order chi connectivity index (χ0) is 4.83. The van der Waals surface area contributed by atoms with Gasteiger partial charge in [-0.2, -0.15) is 0 Å². The van der Waals surface area contributed by atoms with Crippen LogP contribution < -0.4 is 0 Å². The van der Waals surface area contributed by atoms with Crippen molar-refractivity contribution in [3.8, 4) is 0 Å². The molecule has 0 unspecified atom stereocenters. The van der Waals surface area contributed by atoms with Gasteiger partial charge in [-0.05, 0) is 6.55 Å². The van der Waals surface area contributed by atoms with Crippen LogP contribution >= 0.6 is 0 Å². The van der Waals surface area contributed by atoms with Gasteiger partial charge in [0.2, 0.25) is 9.76 Å². The Bertz CT molecular complexity index is 21.5. The summed E-state index contributed by atoms with van der Waals surface area (Å²) in [4.78, 5) is 0. The van der Waals surface area contributed by atoms with Gasteiger partial charge < -0.3 is 8.54 Å².